The van der Waals surface area contributed by atoms with Gasteiger partial charge < -0.3 is 27.2 Å². The van der Waals surface area contributed by atoms with Crippen LogP contribution in [0.25, 0.3) is 0 Å². The zero-order valence-corrected chi connectivity index (χ0v) is 17.4. The molecule has 0 saturated heterocycles. The van der Waals surface area contributed by atoms with Crippen LogP contribution in [-0.2, 0) is 14.4 Å². The maximum atomic E-state index is 12.7. The molecular weight excluding hydrogens is 372 g/mol. The Morgan fingerprint density at radius 2 is 1.66 bits per heavy atom. The number of carbonyl (C=O) groups is 3. The molecule has 0 spiro atoms. The van der Waals surface area contributed by atoms with Gasteiger partial charge >= 0.3 is 0 Å². The van der Waals surface area contributed by atoms with E-state index in [2.05, 4.69) is 10.6 Å². The lowest BCUT2D eigenvalue weighted by molar-refractivity contribution is -0.134. The van der Waals surface area contributed by atoms with Gasteiger partial charge in [0, 0.05) is 18.3 Å². The smallest absolute Gasteiger partial charge is 0.245 e. The number of carbonyl (C=O) groups excluding carboxylic acids is 3. The fraction of sp³-hybridized carbons (Fsp3) is 0.571. The van der Waals surface area contributed by atoms with Crippen molar-refractivity contribution >= 4 is 17.6 Å². The molecule has 2 amide bonds. The highest BCUT2D eigenvalue weighted by Crippen LogP contribution is 2.18. The molecule has 0 radical (unpaired) electrons. The molecule has 0 aliphatic carbocycles. The summed E-state index contributed by atoms with van der Waals surface area (Å²) in [7, 11) is 0. The molecule has 8 heteroatoms. The van der Waals surface area contributed by atoms with Crippen LogP contribution in [0, 0.1) is 5.92 Å². The van der Waals surface area contributed by atoms with Crippen LogP contribution in [0.4, 0.5) is 0 Å². The second-order valence-corrected chi connectivity index (χ2v) is 7.53. The number of rotatable bonds is 12. The summed E-state index contributed by atoms with van der Waals surface area (Å²) in [5.74, 6) is -1.66. The molecule has 0 aliphatic heterocycles. The molecular formula is C21H34N4O4. The van der Waals surface area contributed by atoms with Crippen LogP contribution in [0.5, 0.6) is 0 Å². The van der Waals surface area contributed by atoms with Crippen molar-refractivity contribution in [3.05, 3.63) is 35.9 Å². The predicted molar refractivity (Wildman–Crippen MR) is 112 cm³/mol. The monoisotopic (exact) mass is 406 g/mol. The van der Waals surface area contributed by atoms with Crippen LogP contribution in [0.15, 0.2) is 30.3 Å². The van der Waals surface area contributed by atoms with E-state index < -0.39 is 30.0 Å². The number of nitrogens with two attached hydrogens (primary N) is 2. The summed E-state index contributed by atoms with van der Waals surface area (Å²) in [6, 6.07) is 7.44. The SMILES string of the molecule is CC(C)C(=O)[C@H](CCN)NC(=O)[C@@H](NC(=O)CC(CN)c1ccccc1)C(C)O. The highest BCUT2D eigenvalue weighted by Gasteiger charge is 2.30. The number of amides is 2. The molecule has 4 atom stereocenters. The van der Waals surface area contributed by atoms with Gasteiger partial charge in [-0.2, -0.15) is 0 Å². The Balaban J connectivity index is 2.81. The fourth-order valence-electron chi connectivity index (χ4n) is 3.04. The van der Waals surface area contributed by atoms with Crippen molar-refractivity contribution in [2.45, 2.75) is 57.7 Å². The summed E-state index contributed by atoms with van der Waals surface area (Å²) in [6.45, 7) is 5.38. The van der Waals surface area contributed by atoms with Crippen LogP contribution < -0.4 is 22.1 Å². The van der Waals surface area contributed by atoms with Crippen LogP contribution in [0.1, 0.15) is 45.1 Å². The Hall–Kier alpha value is -2.29. The minimum Gasteiger partial charge on any atom is -0.391 e. The third-order valence-corrected chi connectivity index (χ3v) is 4.75. The predicted octanol–water partition coefficient (Wildman–Crippen LogP) is 0.0433. The van der Waals surface area contributed by atoms with Crippen LogP contribution in [-0.4, -0.2) is 54.0 Å². The molecule has 0 bridgehead atoms. The van der Waals surface area contributed by atoms with E-state index in [4.69, 9.17) is 11.5 Å². The van der Waals surface area contributed by atoms with Gasteiger partial charge in [-0.15, -0.1) is 0 Å². The number of hydrogen-bond donors (Lipinski definition) is 5. The van der Waals surface area contributed by atoms with E-state index in [1.807, 2.05) is 30.3 Å². The maximum absolute atomic E-state index is 12.7. The van der Waals surface area contributed by atoms with Gasteiger partial charge in [-0.05, 0) is 32.0 Å². The molecule has 8 nitrogen and oxygen atoms in total. The third kappa shape index (κ3) is 7.92. The van der Waals surface area contributed by atoms with Gasteiger partial charge in [-0.1, -0.05) is 44.2 Å². The standard InChI is InChI=1S/C21H34N4O4/c1-13(2)20(28)17(9-10-22)24-21(29)19(14(3)26)25-18(27)11-16(12-23)15-7-5-4-6-8-15/h4-8,13-14,16-17,19,26H,9-12,22-23H2,1-3H3,(H,24,29)(H,25,27)/t14?,16?,17-,19-/m0/s1. The first kappa shape index (κ1) is 24.7. The first-order valence-corrected chi connectivity index (χ1v) is 9.97. The zero-order chi connectivity index (χ0) is 22.0. The lowest BCUT2D eigenvalue weighted by Crippen LogP contribution is -2.56. The van der Waals surface area contributed by atoms with Crippen molar-refractivity contribution in [3.8, 4) is 0 Å². The second-order valence-electron chi connectivity index (χ2n) is 7.53. The van der Waals surface area contributed by atoms with Gasteiger partial charge in [0.1, 0.15) is 6.04 Å². The van der Waals surface area contributed by atoms with Crippen molar-refractivity contribution in [3.63, 3.8) is 0 Å². The van der Waals surface area contributed by atoms with E-state index in [0.717, 1.165) is 5.56 Å². The summed E-state index contributed by atoms with van der Waals surface area (Å²) in [5.41, 5.74) is 12.3. The van der Waals surface area contributed by atoms with E-state index in [1.54, 1.807) is 13.8 Å². The summed E-state index contributed by atoms with van der Waals surface area (Å²) in [6.07, 6.45) is -0.777. The number of hydrogen-bond acceptors (Lipinski definition) is 6. The molecule has 162 valence electrons. The Labute approximate surface area is 172 Å². The highest BCUT2D eigenvalue weighted by molar-refractivity contribution is 5.93. The lowest BCUT2D eigenvalue weighted by Gasteiger charge is -2.26. The Bertz CT molecular complexity index is 664. The van der Waals surface area contributed by atoms with Gasteiger partial charge in [0.2, 0.25) is 11.8 Å². The van der Waals surface area contributed by atoms with Crippen LogP contribution in [0.2, 0.25) is 0 Å². The van der Waals surface area contributed by atoms with Gasteiger partial charge in [0.15, 0.2) is 5.78 Å². The number of ketones is 1. The third-order valence-electron chi connectivity index (χ3n) is 4.75. The van der Waals surface area contributed by atoms with Crippen LogP contribution in [0.3, 0.4) is 0 Å². The molecule has 0 heterocycles. The number of aliphatic hydroxyl groups excluding tert-OH is 1. The summed E-state index contributed by atoms with van der Waals surface area (Å²) < 4.78 is 0. The van der Waals surface area contributed by atoms with E-state index in [0.29, 0.717) is 0 Å². The van der Waals surface area contributed by atoms with Gasteiger partial charge in [0.25, 0.3) is 0 Å². The molecule has 0 aromatic heterocycles. The first-order chi connectivity index (χ1) is 13.7. The van der Waals surface area contributed by atoms with Gasteiger partial charge in [-0.25, -0.2) is 0 Å². The normalized spacial score (nSPS) is 15.3. The minimum absolute atomic E-state index is 0.0775. The average Bonchev–Trinajstić information content (AvgIpc) is 2.69. The number of nitrogens with one attached hydrogen (secondary N) is 2. The van der Waals surface area contributed by atoms with Gasteiger partial charge in [-0.3, -0.25) is 14.4 Å². The summed E-state index contributed by atoms with van der Waals surface area (Å²) >= 11 is 0. The highest BCUT2D eigenvalue weighted by atomic mass is 16.3. The molecule has 2 unspecified atom stereocenters. The van der Waals surface area contributed by atoms with Crippen LogP contribution >= 0.6 is 0 Å². The molecule has 0 aliphatic rings. The van der Waals surface area contributed by atoms with Crippen molar-refractivity contribution in [1.82, 2.24) is 10.6 Å². The average molecular weight is 407 g/mol. The molecule has 0 saturated carbocycles. The number of benzene rings is 1. The Morgan fingerprint density at radius 3 is 2.14 bits per heavy atom. The Morgan fingerprint density at radius 1 is 1.03 bits per heavy atom. The molecule has 1 aromatic carbocycles. The van der Waals surface area contributed by atoms with E-state index in [1.165, 1.54) is 6.92 Å². The number of Topliss-reactive ketones (excluding diaryl/α,β-unsaturated/α-hetero) is 1. The van der Waals surface area contributed by atoms with Gasteiger partial charge in [0.05, 0.1) is 12.1 Å². The zero-order valence-electron chi connectivity index (χ0n) is 17.4. The van der Waals surface area contributed by atoms with Crippen molar-refractivity contribution in [1.29, 1.82) is 0 Å². The lowest BCUT2D eigenvalue weighted by atomic mass is 9.95. The maximum Gasteiger partial charge on any atom is 0.245 e. The minimum atomic E-state index is -1.18. The molecule has 0 fully saturated rings. The fourth-order valence-corrected chi connectivity index (χ4v) is 3.04. The van der Waals surface area contributed by atoms with E-state index >= 15 is 0 Å². The molecule has 7 N–H and O–H groups in total. The van der Waals surface area contributed by atoms with Crippen molar-refractivity contribution in [2.75, 3.05) is 13.1 Å². The Kier molecular flexibility index (Phi) is 10.5. The first-order valence-electron chi connectivity index (χ1n) is 9.97. The topological polar surface area (TPSA) is 148 Å². The molecule has 1 rings (SSSR count). The second kappa shape index (κ2) is 12.3. The van der Waals surface area contributed by atoms with Crippen molar-refractivity contribution < 1.29 is 19.5 Å². The quantitative estimate of drug-likeness (QED) is 0.331. The molecule has 29 heavy (non-hydrogen) atoms. The molecule has 1 aromatic rings. The summed E-state index contributed by atoms with van der Waals surface area (Å²) in [5, 5.41) is 15.2. The largest absolute Gasteiger partial charge is 0.391 e. The number of aliphatic hydroxyl groups is 1. The van der Waals surface area contributed by atoms with E-state index in [-0.39, 0.29) is 43.6 Å². The summed E-state index contributed by atoms with van der Waals surface area (Å²) in [4.78, 5) is 37.5. The van der Waals surface area contributed by atoms with Crippen molar-refractivity contribution in [2.24, 2.45) is 17.4 Å². The van der Waals surface area contributed by atoms with E-state index in [9.17, 15) is 19.5 Å².